The van der Waals surface area contributed by atoms with Crippen LogP contribution in [0.4, 0.5) is 0 Å². The summed E-state index contributed by atoms with van der Waals surface area (Å²) in [5.74, 6) is -2.01. The van der Waals surface area contributed by atoms with Crippen molar-refractivity contribution in [2.45, 2.75) is 32.1 Å². The van der Waals surface area contributed by atoms with Gasteiger partial charge in [0.15, 0.2) is 0 Å². The lowest BCUT2D eigenvalue weighted by molar-refractivity contribution is -0.139. The summed E-state index contributed by atoms with van der Waals surface area (Å²) in [5.41, 5.74) is 1.13. The van der Waals surface area contributed by atoms with Gasteiger partial charge in [0.25, 0.3) is 0 Å². The Balaban J connectivity index is 1.88. The van der Waals surface area contributed by atoms with E-state index in [1.165, 1.54) is 29.8 Å². The second-order valence-electron chi connectivity index (χ2n) is 6.44. The second-order valence-corrected chi connectivity index (χ2v) is 8.81. The van der Waals surface area contributed by atoms with Crippen molar-refractivity contribution in [2.24, 2.45) is 0 Å². The molecule has 1 N–H and O–H groups in total. The highest BCUT2D eigenvalue weighted by Gasteiger charge is 2.22. The van der Waals surface area contributed by atoms with Crippen LogP contribution in [0.15, 0.2) is 36.4 Å². The Labute approximate surface area is 170 Å². The zero-order valence-corrected chi connectivity index (χ0v) is 17.2. The number of aliphatic carboxylic acids is 1. The van der Waals surface area contributed by atoms with E-state index in [0.717, 1.165) is 22.2 Å². The molecule has 0 aliphatic carbocycles. The highest BCUT2D eigenvalue weighted by molar-refractivity contribution is 7.39. The molecule has 0 radical (unpaired) electrons. The van der Waals surface area contributed by atoms with E-state index >= 15 is 0 Å². The Morgan fingerprint density at radius 1 is 1.11 bits per heavy atom. The number of methoxy groups -OCH3 is 1. The maximum Gasteiger partial charge on any atom is 0.348 e. The number of carbonyl (C=O) groups is 3. The first-order valence-corrected chi connectivity index (χ1v) is 10.6. The first-order chi connectivity index (χ1) is 13.4. The molecule has 7 heteroatoms. The number of fused-ring (bicyclic) bond motifs is 1. The first kappa shape index (κ1) is 20.2. The monoisotopic (exact) mass is 416 g/mol. The van der Waals surface area contributed by atoms with Crippen molar-refractivity contribution in [3.63, 3.8) is 0 Å². The molecule has 28 heavy (non-hydrogen) atoms. The number of thiophene rings is 2. The molecule has 2 aromatic heterocycles. The van der Waals surface area contributed by atoms with Crippen LogP contribution in [0, 0.1) is 0 Å². The van der Waals surface area contributed by atoms with E-state index in [-0.39, 0.29) is 11.8 Å². The maximum absolute atomic E-state index is 12.9. The summed E-state index contributed by atoms with van der Waals surface area (Å²) >= 11 is 2.63. The van der Waals surface area contributed by atoms with E-state index in [1.54, 1.807) is 36.4 Å². The van der Waals surface area contributed by atoms with Gasteiger partial charge in [0.1, 0.15) is 4.88 Å². The van der Waals surface area contributed by atoms with Crippen molar-refractivity contribution in [2.75, 3.05) is 7.11 Å². The number of unbranched alkanes of at least 4 members (excludes halogenated alkanes) is 1. The van der Waals surface area contributed by atoms with Crippen LogP contribution in [0.25, 0.3) is 9.40 Å². The fourth-order valence-corrected chi connectivity index (χ4v) is 5.36. The SMILES string of the molecule is CCCCC(C(=O)O)c1cccc(C(=O)c2cc3cc(C(=O)OC)sc3s2)c1. The number of ether oxygens (including phenoxy) is 1. The van der Waals surface area contributed by atoms with Crippen molar-refractivity contribution in [1.29, 1.82) is 0 Å². The van der Waals surface area contributed by atoms with Gasteiger partial charge in [0, 0.05) is 10.9 Å². The van der Waals surface area contributed by atoms with Crippen LogP contribution in [0.2, 0.25) is 0 Å². The molecule has 1 atom stereocenters. The average Bonchev–Trinajstić information content (AvgIpc) is 3.26. The van der Waals surface area contributed by atoms with Gasteiger partial charge in [-0.3, -0.25) is 9.59 Å². The van der Waals surface area contributed by atoms with Gasteiger partial charge in [-0.05, 0) is 30.2 Å². The summed E-state index contributed by atoms with van der Waals surface area (Å²) < 4.78 is 5.61. The van der Waals surface area contributed by atoms with Gasteiger partial charge in [-0.1, -0.05) is 38.0 Å². The van der Waals surface area contributed by atoms with Gasteiger partial charge in [0.2, 0.25) is 5.78 Å². The van der Waals surface area contributed by atoms with E-state index in [0.29, 0.717) is 27.3 Å². The molecule has 5 nitrogen and oxygen atoms in total. The lowest BCUT2D eigenvalue weighted by Crippen LogP contribution is -2.12. The molecule has 3 rings (SSSR count). The fourth-order valence-electron chi connectivity index (χ4n) is 3.03. The number of hydrogen-bond acceptors (Lipinski definition) is 6. The summed E-state index contributed by atoms with van der Waals surface area (Å²) in [6.07, 6.45) is 2.29. The van der Waals surface area contributed by atoms with Gasteiger partial charge in [-0.15, -0.1) is 22.7 Å². The topological polar surface area (TPSA) is 80.7 Å². The molecule has 0 amide bonds. The molecular formula is C21H20O5S2. The molecule has 1 aromatic carbocycles. The zero-order valence-electron chi connectivity index (χ0n) is 15.6. The van der Waals surface area contributed by atoms with Crippen molar-refractivity contribution < 1.29 is 24.2 Å². The van der Waals surface area contributed by atoms with Crippen LogP contribution in [-0.2, 0) is 9.53 Å². The minimum Gasteiger partial charge on any atom is -0.481 e. The highest BCUT2D eigenvalue weighted by atomic mass is 32.2. The van der Waals surface area contributed by atoms with Gasteiger partial charge in [-0.2, -0.15) is 0 Å². The van der Waals surface area contributed by atoms with E-state index in [2.05, 4.69) is 0 Å². The number of carboxylic acids is 1. The third-order valence-electron chi connectivity index (χ3n) is 4.52. The average molecular weight is 417 g/mol. The van der Waals surface area contributed by atoms with Crippen LogP contribution < -0.4 is 0 Å². The van der Waals surface area contributed by atoms with Crippen molar-refractivity contribution in [3.8, 4) is 0 Å². The number of carbonyl (C=O) groups excluding carboxylic acids is 2. The number of ketones is 1. The van der Waals surface area contributed by atoms with E-state index < -0.39 is 11.9 Å². The Morgan fingerprint density at radius 3 is 2.46 bits per heavy atom. The number of benzene rings is 1. The Kier molecular flexibility index (Phi) is 6.26. The highest BCUT2D eigenvalue weighted by Crippen LogP contribution is 2.35. The van der Waals surface area contributed by atoms with Crippen LogP contribution >= 0.6 is 22.7 Å². The molecule has 1 unspecified atom stereocenters. The van der Waals surface area contributed by atoms with Crippen LogP contribution in [0.3, 0.4) is 0 Å². The fraction of sp³-hybridized carbons (Fsp3) is 0.286. The Bertz CT molecular complexity index is 999. The quantitative estimate of drug-likeness (QED) is 0.396. The van der Waals surface area contributed by atoms with E-state index in [4.69, 9.17) is 4.74 Å². The van der Waals surface area contributed by atoms with Gasteiger partial charge >= 0.3 is 11.9 Å². The van der Waals surface area contributed by atoms with Gasteiger partial charge < -0.3 is 9.84 Å². The molecule has 0 fully saturated rings. The Hall–Kier alpha value is -2.51. The number of hydrogen-bond donors (Lipinski definition) is 1. The normalized spacial score (nSPS) is 12.1. The molecule has 0 saturated heterocycles. The first-order valence-electron chi connectivity index (χ1n) is 8.93. The lowest BCUT2D eigenvalue weighted by Gasteiger charge is -2.13. The van der Waals surface area contributed by atoms with E-state index in [9.17, 15) is 19.5 Å². The number of rotatable bonds is 8. The molecule has 0 aliphatic rings. The van der Waals surface area contributed by atoms with E-state index in [1.807, 2.05) is 6.92 Å². The summed E-state index contributed by atoms with van der Waals surface area (Å²) in [4.78, 5) is 37.3. The molecule has 3 aromatic rings. The van der Waals surface area contributed by atoms with Crippen LogP contribution in [0.1, 0.15) is 62.6 Å². The number of carboxylic acid groups (broad SMARTS) is 1. The maximum atomic E-state index is 12.9. The molecule has 0 bridgehead atoms. The minimum atomic E-state index is -0.870. The minimum absolute atomic E-state index is 0.144. The Morgan fingerprint density at radius 2 is 1.82 bits per heavy atom. The van der Waals surface area contributed by atoms with Crippen molar-refractivity contribution in [3.05, 3.63) is 57.3 Å². The van der Waals surface area contributed by atoms with Crippen molar-refractivity contribution in [1.82, 2.24) is 0 Å². The molecule has 146 valence electrons. The van der Waals surface area contributed by atoms with Crippen LogP contribution in [0.5, 0.6) is 0 Å². The standard InChI is InChI=1S/C21H20O5S2/c1-3-4-8-15(19(23)24)12-6-5-7-13(9-12)18(22)16-10-14-11-17(20(25)26-2)28-21(14)27-16/h5-7,9-11,15H,3-4,8H2,1-2H3,(H,23,24). The largest absolute Gasteiger partial charge is 0.481 e. The molecule has 0 spiro atoms. The predicted molar refractivity (Wildman–Crippen MR) is 111 cm³/mol. The smallest absolute Gasteiger partial charge is 0.348 e. The lowest BCUT2D eigenvalue weighted by atomic mass is 9.92. The third kappa shape index (κ3) is 4.15. The second kappa shape index (κ2) is 8.67. The van der Waals surface area contributed by atoms with Gasteiger partial charge in [0.05, 0.1) is 21.9 Å². The van der Waals surface area contributed by atoms with Crippen molar-refractivity contribution >= 4 is 49.8 Å². The summed E-state index contributed by atoms with van der Waals surface area (Å²) in [6.45, 7) is 2.02. The summed E-state index contributed by atoms with van der Waals surface area (Å²) in [7, 11) is 1.34. The predicted octanol–water partition coefficient (Wildman–Crippen LogP) is 5.34. The summed E-state index contributed by atoms with van der Waals surface area (Å²) in [5, 5.41) is 10.4. The van der Waals surface area contributed by atoms with Crippen LogP contribution in [-0.4, -0.2) is 29.9 Å². The molecule has 0 saturated carbocycles. The molecule has 0 aliphatic heterocycles. The molecule has 2 heterocycles. The van der Waals surface area contributed by atoms with Gasteiger partial charge in [-0.25, -0.2) is 4.79 Å². The number of esters is 1. The third-order valence-corrected chi connectivity index (χ3v) is 6.89. The summed E-state index contributed by atoms with van der Waals surface area (Å²) in [6, 6.07) is 10.4. The molecular weight excluding hydrogens is 396 g/mol. The zero-order chi connectivity index (χ0) is 20.3.